The van der Waals surface area contributed by atoms with E-state index >= 15 is 0 Å². The van der Waals surface area contributed by atoms with Crippen molar-refractivity contribution in [3.8, 4) is 0 Å². The smallest absolute Gasteiger partial charge is 0.0629 e. The van der Waals surface area contributed by atoms with Crippen LogP contribution in [0.1, 0.15) is 37.3 Å². The largest absolute Gasteiger partial charge is 0.377 e. The summed E-state index contributed by atoms with van der Waals surface area (Å²) in [6, 6.07) is 13.5. The third kappa shape index (κ3) is 3.14. The Kier molecular flexibility index (Phi) is 4.43. The van der Waals surface area contributed by atoms with Crippen LogP contribution in [0.15, 0.2) is 41.8 Å². The van der Waals surface area contributed by atoms with Crippen molar-refractivity contribution in [2.24, 2.45) is 5.92 Å². The fourth-order valence-corrected chi connectivity index (χ4v) is 3.00. The highest BCUT2D eigenvalue weighted by atomic mass is 32.1. The van der Waals surface area contributed by atoms with Crippen molar-refractivity contribution in [2.45, 2.75) is 33.2 Å². The topological polar surface area (TPSA) is 12.0 Å². The van der Waals surface area contributed by atoms with Gasteiger partial charge in [-0.1, -0.05) is 39.0 Å². The molecule has 96 valence electrons. The van der Waals surface area contributed by atoms with Gasteiger partial charge in [0.25, 0.3) is 0 Å². The van der Waals surface area contributed by atoms with Crippen molar-refractivity contribution in [3.63, 3.8) is 0 Å². The minimum Gasteiger partial charge on any atom is -0.377 e. The fraction of sp³-hybridized carbons (Fsp3) is 0.375. The third-order valence-corrected chi connectivity index (χ3v) is 4.16. The molecule has 2 rings (SSSR count). The van der Waals surface area contributed by atoms with Crippen molar-refractivity contribution >= 4 is 17.0 Å². The molecule has 1 unspecified atom stereocenters. The summed E-state index contributed by atoms with van der Waals surface area (Å²) < 4.78 is 0. The van der Waals surface area contributed by atoms with Crippen molar-refractivity contribution in [1.29, 1.82) is 0 Å². The number of hydrogen-bond donors (Lipinski definition) is 1. The Morgan fingerprint density at radius 3 is 2.33 bits per heavy atom. The number of nitrogens with one attached hydrogen (secondary N) is 1. The van der Waals surface area contributed by atoms with E-state index in [4.69, 9.17) is 0 Å². The molecule has 1 atom stereocenters. The highest BCUT2D eigenvalue weighted by Gasteiger charge is 2.16. The summed E-state index contributed by atoms with van der Waals surface area (Å²) in [6.07, 6.45) is 1.10. The molecule has 1 N–H and O–H groups in total. The minimum absolute atomic E-state index is 0.400. The first-order valence-corrected chi connectivity index (χ1v) is 7.47. The van der Waals surface area contributed by atoms with Gasteiger partial charge in [0.15, 0.2) is 0 Å². The zero-order valence-corrected chi connectivity index (χ0v) is 12.1. The van der Waals surface area contributed by atoms with Crippen LogP contribution in [0.25, 0.3) is 0 Å². The Labute approximate surface area is 114 Å². The van der Waals surface area contributed by atoms with Crippen molar-refractivity contribution in [1.82, 2.24) is 0 Å². The maximum Gasteiger partial charge on any atom is 0.0629 e. The second kappa shape index (κ2) is 6.05. The Hall–Kier alpha value is -1.28. The SMILES string of the molecule is CCc1ccc(NC(c2cccs2)C(C)C)cc1. The maximum atomic E-state index is 3.64. The van der Waals surface area contributed by atoms with E-state index in [-0.39, 0.29) is 0 Å². The first kappa shape index (κ1) is 13.2. The van der Waals surface area contributed by atoms with Crippen LogP contribution in [0.2, 0.25) is 0 Å². The van der Waals surface area contributed by atoms with Gasteiger partial charge in [-0.15, -0.1) is 11.3 Å². The predicted molar refractivity (Wildman–Crippen MR) is 81.3 cm³/mol. The van der Waals surface area contributed by atoms with Gasteiger partial charge in [0.2, 0.25) is 0 Å². The van der Waals surface area contributed by atoms with Gasteiger partial charge in [-0.2, -0.15) is 0 Å². The quantitative estimate of drug-likeness (QED) is 0.786. The molecule has 2 aromatic rings. The molecule has 0 aliphatic heterocycles. The van der Waals surface area contributed by atoms with Gasteiger partial charge in [-0.25, -0.2) is 0 Å². The van der Waals surface area contributed by atoms with Crippen LogP contribution in [-0.4, -0.2) is 0 Å². The second-order valence-corrected chi connectivity index (χ2v) is 5.91. The molecule has 1 heterocycles. The van der Waals surface area contributed by atoms with Crippen molar-refractivity contribution in [2.75, 3.05) is 5.32 Å². The van der Waals surface area contributed by atoms with Gasteiger partial charge in [0.1, 0.15) is 0 Å². The maximum absolute atomic E-state index is 3.64. The molecule has 0 aliphatic carbocycles. The highest BCUT2D eigenvalue weighted by molar-refractivity contribution is 7.10. The summed E-state index contributed by atoms with van der Waals surface area (Å²) in [7, 11) is 0. The zero-order valence-electron chi connectivity index (χ0n) is 11.3. The number of thiophene rings is 1. The van der Waals surface area contributed by atoms with Crippen LogP contribution in [0, 0.1) is 5.92 Å². The average molecular weight is 259 g/mol. The van der Waals surface area contributed by atoms with Crippen LogP contribution < -0.4 is 5.32 Å². The Morgan fingerprint density at radius 2 is 1.83 bits per heavy atom. The first-order valence-electron chi connectivity index (χ1n) is 6.59. The molecule has 1 aromatic heterocycles. The number of rotatable bonds is 5. The van der Waals surface area contributed by atoms with Crippen molar-refractivity contribution in [3.05, 3.63) is 52.2 Å². The van der Waals surface area contributed by atoms with Gasteiger partial charge in [-0.3, -0.25) is 0 Å². The lowest BCUT2D eigenvalue weighted by molar-refractivity contribution is 0.554. The lowest BCUT2D eigenvalue weighted by Crippen LogP contribution is -2.15. The van der Waals surface area contributed by atoms with Crippen LogP contribution in [-0.2, 0) is 6.42 Å². The minimum atomic E-state index is 0.400. The van der Waals surface area contributed by atoms with Gasteiger partial charge in [-0.05, 0) is 41.5 Å². The van der Waals surface area contributed by atoms with E-state index in [1.165, 1.54) is 16.1 Å². The monoisotopic (exact) mass is 259 g/mol. The highest BCUT2D eigenvalue weighted by Crippen LogP contribution is 2.29. The zero-order chi connectivity index (χ0) is 13.0. The summed E-state index contributed by atoms with van der Waals surface area (Å²) in [5.74, 6) is 0.578. The van der Waals surface area contributed by atoms with E-state index in [9.17, 15) is 0 Å². The summed E-state index contributed by atoms with van der Waals surface area (Å²) in [4.78, 5) is 1.41. The van der Waals surface area contributed by atoms with Crippen LogP contribution in [0.5, 0.6) is 0 Å². The average Bonchev–Trinajstić information content (AvgIpc) is 2.90. The fourth-order valence-electron chi connectivity index (χ4n) is 2.05. The van der Waals surface area contributed by atoms with Crippen LogP contribution in [0.4, 0.5) is 5.69 Å². The van der Waals surface area contributed by atoms with Gasteiger partial charge in [0, 0.05) is 10.6 Å². The Balaban J connectivity index is 2.13. The molecule has 0 saturated carbocycles. The Bertz CT molecular complexity index is 456. The van der Waals surface area contributed by atoms with E-state index < -0.39 is 0 Å². The van der Waals surface area contributed by atoms with E-state index in [1.807, 2.05) is 11.3 Å². The van der Waals surface area contributed by atoms with Crippen LogP contribution >= 0.6 is 11.3 Å². The molecule has 1 nitrogen and oxygen atoms in total. The standard InChI is InChI=1S/C16H21NS/c1-4-13-7-9-14(10-8-13)17-16(12(2)3)15-6-5-11-18-15/h5-12,16-17H,4H2,1-3H3. The molecular weight excluding hydrogens is 238 g/mol. The van der Waals surface area contributed by atoms with Gasteiger partial charge >= 0.3 is 0 Å². The summed E-state index contributed by atoms with van der Waals surface area (Å²) in [6.45, 7) is 6.71. The Morgan fingerprint density at radius 1 is 1.11 bits per heavy atom. The molecule has 0 radical (unpaired) electrons. The summed E-state index contributed by atoms with van der Waals surface area (Å²) >= 11 is 1.82. The van der Waals surface area contributed by atoms with Gasteiger partial charge in [0.05, 0.1) is 6.04 Å². The number of hydrogen-bond acceptors (Lipinski definition) is 2. The molecule has 2 heteroatoms. The normalized spacial score (nSPS) is 12.7. The lowest BCUT2D eigenvalue weighted by atomic mass is 10.0. The van der Waals surface area contributed by atoms with Crippen LogP contribution in [0.3, 0.4) is 0 Å². The summed E-state index contributed by atoms with van der Waals surface area (Å²) in [5, 5.41) is 5.79. The first-order chi connectivity index (χ1) is 8.70. The predicted octanol–water partition coefficient (Wildman–Crippen LogP) is 5.12. The third-order valence-electron chi connectivity index (χ3n) is 3.20. The number of anilines is 1. The van der Waals surface area contributed by atoms with E-state index in [1.54, 1.807) is 0 Å². The number of benzene rings is 1. The summed E-state index contributed by atoms with van der Waals surface area (Å²) in [5.41, 5.74) is 2.59. The van der Waals surface area contributed by atoms with E-state index in [0.717, 1.165) is 6.42 Å². The lowest BCUT2D eigenvalue weighted by Gasteiger charge is -2.22. The molecule has 0 fully saturated rings. The van der Waals surface area contributed by atoms with Crippen molar-refractivity contribution < 1.29 is 0 Å². The molecule has 0 amide bonds. The molecule has 1 aromatic carbocycles. The molecule has 0 spiro atoms. The second-order valence-electron chi connectivity index (χ2n) is 4.93. The molecule has 0 bridgehead atoms. The molecular formula is C16H21NS. The van der Waals surface area contributed by atoms with Gasteiger partial charge < -0.3 is 5.32 Å². The van der Waals surface area contributed by atoms with E-state index in [0.29, 0.717) is 12.0 Å². The molecule has 18 heavy (non-hydrogen) atoms. The molecule has 0 saturated heterocycles. The molecule has 0 aliphatic rings. The number of aryl methyl sites for hydroxylation is 1. The van der Waals surface area contributed by atoms with E-state index in [2.05, 4.69) is 67.9 Å².